The average molecular weight is 380 g/mol. The van der Waals surface area contributed by atoms with Gasteiger partial charge in [-0.25, -0.2) is 8.42 Å². The first-order valence-electron chi connectivity index (χ1n) is 8.05. The highest BCUT2D eigenvalue weighted by atomic mass is 35.5. The van der Waals surface area contributed by atoms with E-state index in [0.29, 0.717) is 41.8 Å². The maximum atomic E-state index is 13.0. The molecule has 1 aromatic rings. The maximum Gasteiger partial charge on any atom is 0.246 e. The summed E-state index contributed by atoms with van der Waals surface area (Å²) < 4.78 is 28.6. The van der Waals surface area contributed by atoms with Gasteiger partial charge < -0.3 is 0 Å². The van der Waals surface area contributed by atoms with Crippen molar-refractivity contribution in [2.75, 3.05) is 13.1 Å². The summed E-state index contributed by atoms with van der Waals surface area (Å²) in [6.07, 6.45) is 2.55. The van der Waals surface area contributed by atoms with E-state index in [-0.39, 0.29) is 5.92 Å². The number of aromatic nitrogens is 2. The molecule has 0 bridgehead atoms. The monoisotopic (exact) mass is 379 g/mol. The molecule has 1 aromatic heterocycles. The van der Waals surface area contributed by atoms with Crippen LogP contribution in [0.2, 0.25) is 0 Å². The zero-order chi connectivity index (χ0) is 17.0. The zero-order valence-corrected chi connectivity index (χ0v) is 16.0. The summed E-state index contributed by atoms with van der Waals surface area (Å²) in [5, 5.41) is 4.43. The Morgan fingerprint density at radius 3 is 2.35 bits per heavy atom. The Morgan fingerprint density at radius 1 is 1.26 bits per heavy atom. The number of piperidine rings is 1. The predicted octanol–water partition coefficient (Wildman–Crippen LogP) is 3.11. The molecule has 1 saturated carbocycles. The first-order valence-corrected chi connectivity index (χ1v) is 10.2. The normalized spacial score (nSPS) is 25.7. The minimum absolute atomic E-state index is 0.134. The SMILES string of the molecule is Cc1nn(C[C@@H]2CC2(Cl)Cl)c(C)c1S(=O)(=O)N1CCC(C)CC1. The summed E-state index contributed by atoms with van der Waals surface area (Å²) in [5.74, 6) is 0.719. The molecule has 130 valence electrons. The highest BCUT2D eigenvalue weighted by Gasteiger charge is 2.52. The number of hydrogen-bond donors (Lipinski definition) is 0. The first kappa shape index (κ1) is 17.5. The van der Waals surface area contributed by atoms with E-state index in [2.05, 4.69) is 12.0 Å². The lowest BCUT2D eigenvalue weighted by Gasteiger charge is -2.29. The van der Waals surface area contributed by atoms with Crippen LogP contribution in [0.15, 0.2) is 4.90 Å². The van der Waals surface area contributed by atoms with Gasteiger partial charge in [0, 0.05) is 25.6 Å². The topological polar surface area (TPSA) is 55.2 Å². The Hall–Kier alpha value is -0.300. The van der Waals surface area contributed by atoms with Crippen molar-refractivity contribution in [3.63, 3.8) is 0 Å². The summed E-state index contributed by atoms with van der Waals surface area (Å²) in [6.45, 7) is 7.46. The molecule has 2 aliphatic rings. The van der Waals surface area contributed by atoms with Gasteiger partial charge >= 0.3 is 0 Å². The van der Waals surface area contributed by atoms with Crippen molar-refractivity contribution in [3.8, 4) is 0 Å². The molecule has 3 rings (SSSR count). The molecule has 2 fully saturated rings. The molecule has 1 aliphatic heterocycles. The van der Waals surface area contributed by atoms with E-state index < -0.39 is 14.4 Å². The van der Waals surface area contributed by atoms with Crippen LogP contribution in [0.25, 0.3) is 0 Å². The number of halogens is 2. The first-order chi connectivity index (χ1) is 10.6. The molecule has 0 spiro atoms. The largest absolute Gasteiger partial charge is 0.268 e. The summed E-state index contributed by atoms with van der Waals surface area (Å²) in [7, 11) is -3.49. The quantitative estimate of drug-likeness (QED) is 0.755. The van der Waals surface area contributed by atoms with Gasteiger partial charge in [0.05, 0.1) is 11.4 Å². The Morgan fingerprint density at radius 2 is 1.83 bits per heavy atom. The molecule has 0 radical (unpaired) electrons. The Labute approximate surface area is 148 Å². The van der Waals surface area contributed by atoms with E-state index in [0.717, 1.165) is 19.3 Å². The molecule has 0 aromatic carbocycles. The predicted molar refractivity (Wildman–Crippen MR) is 91.4 cm³/mol. The van der Waals surface area contributed by atoms with Crippen LogP contribution in [0.4, 0.5) is 0 Å². The van der Waals surface area contributed by atoms with Crippen LogP contribution in [-0.2, 0) is 16.6 Å². The molecule has 1 atom stereocenters. The van der Waals surface area contributed by atoms with E-state index in [1.807, 2.05) is 6.92 Å². The summed E-state index contributed by atoms with van der Waals surface area (Å²) in [4.78, 5) is 0.349. The van der Waals surface area contributed by atoms with Gasteiger partial charge in [-0.05, 0) is 39.0 Å². The number of alkyl halides is 2. The average Bonchev–Trinajstić information content (AvgIpc) is 2.93. The lowest BCUT2D eigenvalue weighted by Crippen LogP contribution is -2.38. The molecule has 0 N–H and O–H groups in total. The second-order valence-electron chi connectivity index (χ2n) is 6.93. The van der Waals surface area contributed by atoms with Crippen LogP contribution in [-0.4, -0.2) is 39.9 Å². The Balaban J connectivity index is 1.86. The van der Waals surface area contributed by atoms with Crippen LogP contribution in [0.3, 0.4) is 0 Å². The third kappa shape index (κ3) is 3.28. The standard InChI is InChI=1S/C15H23Cl2N3O2S/c1-10-4-6-19(7-5-10)23(21,22)14-11(2)18-20(12(14)3)9-13-8-15(13,16)17/h10,13H,4-9H2,1-3H3/t13-/m0/s1. The summed E-state index contributed by atoms with van der Waals surface area (Å²) in [6, 6.07) is 0. The highest BCUT2D eigenvalue weighted by molar-refractivity contribution is 7.89. The number of nitrogens with zero attached hydrogens (tertiary/aromatic N) is 3. The van der Waals surface area contributed by atoms with E-state index >= 15 is 0 Å². The number of rotatable bonds is 4. The summed E-state index contributed by atoms with van der Waals surface area (Å²) in [5.41, 5.74) is 1.23. The lowest BCUT2D eigenvalue weighted by molar-refractivity contribution is 0.288. The van der Waals surface area contributed by atoms with E-state index in [1.165, 1.54) is 0 Å². The molecular formula is C15H23Cl2N3O2S. The van der Waals surface area contributed by atoms with E-state index in [4.69, 9.17) is 23.2 Å². The van der Waals surface area contributed by atoms with Gasteiger partial charge in [0.25, 0.3) is 0 Å². The molecule has 8 heteroatoms. The second-order valence-corrected chi connectivity index (χ2v) is 10.3. The van der Waals surface area contributed by atoms with Gasteiger partial charge in [0.2, 0.25) is 10.0 Å². The molecule has 23 heavy (non-hydrogen) atoms. The minimum Gasteiger partial charge on any atom is -0.268 e. The minimum atomic E-state index is -3.49. The van der Waals surface area contributed by atoms with Crippen molar-refractivity contribution in [3.05, 3.63) is 11.4 Å². The zero-order valence-electron chi connectivity index (χ0n) is 13.7. The Kier molecular flexibility index (Phi) is 4.49. The van der Waals surface area contributed by atoms with Crippen LogP contribution in [0.1, 0.15) is 37.6 Å². The van der Waals surface area contributed by atoms with Gasteiger partial charge in [0.1, 0.15) is 9.23 Å². The van der Waals surface area contributed by atoms with Gasteiger partial charge in [-0.1, -0.05) is 6.92 Å². The number of aryl methyl sites for hydroxylation is 1. The molecule has 1 saturated heterocycles. The van der Waals surface area contributed by atoms with Crippen molar-refractivity contribution in [1.29, 1.82) is 0 Å². The number of hydrogen-bond acceptors (Lipinski definition) is 3. The van der Waals surface area contributed by atoms with E-state index in [1.54, 1.807) is 15.9 Å². The third-order valence-corrected chi connectivity index (χ3v) is 8.08. The van der Waals surface area contributed by atoms with Crippen LogP contribution in [0.5, 0.6) is 0 Å². The van der Waals surface area contributed by atoms with E-state index in [9.17, 15) is 8.42 Å². The van der Waals surface area contributed by atoms with Crippen LogP contribution < -0.4 is 0 Å². The molecule has 2 heterocycles. The van der Waals surface area contributed by atoms with Crippen molar-refractivity contribution in [2.24, 2.45) is 11.8 Å². The fourth-order valence-electron chi connectivity index (χ4n) is 3.26. The fourth-order valence-corrected chi connectivity index (χ4v) is 5.62. The fraction of sp³-hybridized carbons (Fsp3) is 0.800. The number of sulfonamides is 1. The third-order valence-electron chi connectivity index (χ3n) is 5.00. The van der Waals surface area contributed by atoms with Crippen LogP contribution in [0, 0.1) is 25.7 Å². The maximum absolute atomic E-state index is 13.0. The van der Waals surface area contributed by atoms with Gasteiger partial charge in [-0.2, -0.15) is 9.40 Å². The van der Waals surface area contributed by atoms with Crippen molar-refractivity contribution < 1.29 is 8.42 Å². The van der Waals surface area contributed by atoms with Gasteiger partial charge in [-0.15, -0.1) is 23.2 Å². The molecule has 5 nitrogen and oxygen atoms in total. The second kappa shape index (κ2) is 5.90. The molecular weight excluding hydrogens is 357 g/mol. The highest BCUT2D eigenvalue weighted by Crippen LogP contribution is 2.54. The lowest BCUT2D eigenvalue weighted by atomic mass is 10.0. The van der Waals surface area contributed by atoms with Crippen molar-refractivity contribution in [2.45, 2.75) is 55.8 Å². The van der Waals surface area contributed by atoms with Crippen molar-refractivity contribution >= 4 is 33.2 Å². The Bertz CT molecular complexity index is 707. The smallest absolute Gasteiger partial charge is 0.246 e. The van der Waals surface area contributed by atoms with Crippen LogP contribution >= 0.6 is 23.2 Å². The summed E-state index contributed by atoms with van der Waals surface area (Å²) >= 11 is 12.2. The van der Waals surface area contributed by atoms with Gasteiger partial charge in [0.15, 0.2) is 0 Å². The molecule has 1 aliphatic carbocycles. The molecule has 0 amide bonds. The molecule has 0 unspecified atom stereocenters. The van der Waals surface area contributed by atoms with Gasteiger partial charge in [-0.3, -0.25) is 4.68 Å². The van der Waals surface area contributed by atoms with Crippen molar-refractivity contribution in [1.82, 2.24) is 14.1 Å².